The lowest BCUT2D eigenvalue weighted by atomic mass is 10.4. The molecule has 0 bridgehead atoms. The lowest BCUT2D eigenvalue weighted by Gasteiger charge is -1.79. The van der Waals surface area contributed by atoms with Crippen LogP contribution < -0.4 is 0 Å². The average Bonchev–Trinajstić information content (AvgIpc) is 3.03. The zero-order chi connectivity index (χ0) is 48.5. The predicted octanol–water partition coefficient (Wildman–Crippen LogP) is 8.44. The molecule has 0 aromatic heterocycles. The van der Waals surface area contributed by atoms with Crippen LogP contribution in [0, 0.1) is 0 Å². The van der Waals surface area contributed by atoms with Crippen molar-refractivity contribution in [2.45, 2.75) is 192 Å². The summed E-state index contributed by atoms with van der Waals surface area (Å²) >= 11 is 0. The molecule has 0 aromatic carbocycles. The lowest BCUT2D eigenvalue weighted by Crippen LogP contribution is -1.90. The van der Waals surface area contributed by atoms with E-state index in [9.17, 15) is 47.9 Å². The number of carboxylic acid groups (broad SMARTS) is 9. The van der Waals surface area contributed by atoms with E-state index < -0.39 is 53.7 Å². The van der Waals surface area contributed by atoms with Gasteiger partial charge in [-0.3, -0.25) is 43.2 Å². The van der Waals surface area contributed by atoms with Gasteiger partial charge < -0.3 is 50.8 Å². The van der Waals surface area contributed by atoms with Crippen LogP contribution in [0.25, 0.3) is 0 Å². The molecule has 348 valence electrons. The number of carbonyl (C=O) groups is 10. The van der Waals surface area contributed by atoms with Crippen LogP contribution in [0.1, 0.15) is 192 Å². The quantitative estimate of drug-likeness (QED) is 0.0624. The van der Waals surface area contributed by atoms with E-state index in [1.54, 1.807) is 0 Å². The molecule has 0 spiro atoms. The Kier molecular flexibility index (Phi) is 97.5. The van der Waals surface area contributed by atoms with Crippen LogP contribution in [0.15, 0.2) is 0 Å². The summed E-state index contributed by atoms with van der Waals surface area (Å²) < 4.78 is 0. The minimum atomic E-state index is -0.711. The Balaban J connectivity index is -0.0000000553. The number of carbonyl (C=O) groups excluding carboxylic acids is 1. The van der Waals surface area contributed by atoms with E-state index >= 15 is 0 Å². The van der Waals surface area contributed by atoms with Gasteiger partial charge in [0.25, 0.3) is 0 Å². The normalized spacial score (nSPS) is 8.05. The molecule has 0 aliphatic heterocycles. The van der Waals surface area contributed by atoms with Gasteiger partial charge in [-0.1, -0.05) is 62.3 Å². The molecule has 0 saturated heterocycles. The summed E-state index contributed by atoms with van der Waals surface area (Å²) in [5.41, 5.74) is 0. The third-order valence-electron chi connectivity index (χ3n) is 4.17. The van der Waals surface area contributed by atoms with Gasteiger partial charge >= 0.3 is 53.7 Å². The van der Waals surface area contributed by atoms with Crippen molar-refractivity contribution in [3.8, 4) is 0 Å². The topological polar surface area (TPSA) is 353 Å². The minimum absolute atomic E-state index is 0.167. The lowest BCUT2D eigenvalue weighted by molar-refractivity contribution is -0.138. The van der Waals surface area contributed by atoms with Crippen molar-refractivity contribution in [2.24, 2.45) is 0 Å². The summed E-state index contributed by atoms with van der Waals surface area (Å²) in [5, 5.41) is 71.2. The highest BCUT2D eigenvalue weighted by Gasteiger charge is 1.91. The Morgan fingerprint density at radius 2 is 0.276 bits per heavy atom. The van der Waals surface area contributed by atoms with E-state index in [-0.39, 0.29) is 5.78 Å². The van der Waals surface area contributed by atoms with Crippen molar-refractivity contribution < 1.29 is 93.9 Å². The maximum absolute atomic E-state index is 9.60. The molecule has 0 radical (unpaired) electrons. The molecule has 58 heavy (non-hydrogen) atoms. The first-order valence-corrected chi connectivity index (χ1v) is 19.1. The maximum atomic E-state index is 9.60. The van der Waals surface area contributed by atoms with Crippen molar-refractivity contribution >= 4 is 59.5 Å². The SMILES string of the molecule is CC(C)=O.CCCC(=O)O.CCCC(=O)O.CCCC(=O)O.CCCC(=O)O.CCCC(=O)O.CCCC(=O)O.CCCC(=O)O.CCCC(=O)O.CCCC(=O)O. The van der Waals surface area contributed by atoms with Crippen LogP contribution in [0.2, 0.25) is 0 Å². The Labute approximate surface area is 344 Å². The van der Waals surface area contributed by atoms with Gasteiger partial charge in [-0.25, -0.2) is 0 Å². The Hall–Kier alpha value is -5.10. The van der Waals surface area contributed by atoms with Gasteiger partial charge in [0.2, 0.25) is 0 Å². The average molecular weight is 851 g/mol. The van der Waals surface area contributed by atoms with E-state index in [1.165, 1.54) is 13.8 Å². The summed E-state index contributed by atoms with van der Waals surface area (Å²) in [5.74, 6) is -6.23. The molecule has 0 fully saturated rings. The second-order valence-corrected chi connectivity index (χ2v) is 11.2. The zero-order valence-electron chi connectivity index (χ0n) is 36.8. The Morgan fingerprint density at radius 1 is 0.224 bits per heavy atom. The molecule has 0 aliphatic carbocycles. The number of aliphatic carboxylic acids is 9. The molecule has 0 rings (SSSR count). The fourth-order valence-electron chi connectivity index (χ4n) is 1.92. The molecule has 19 heteroatoms. The fourth-order valence-corrected chi connectivity index (χ4v) is 1.92. The smallest absolute Gasteiger partial charge is 0.303 e. The number of ketones is 1. The van der Waals surface area contributed by atoms with Crippen LogP contribution in [0.4, 0.5) is 0 Å². The molecule has 0 saturated carbocycles. The van der Waals surface area contributed by atoms with Crippen LogP contribution in [0.3, 0.4) is 0 Å². The second kappa shape index (κ2) is 73.1. The van der Waals surface area contributed by atoms with Gasteiger partial charge in [-0.2, -0.15) is 0 Å². The van der Waals surface area contributed by atoms with Gasteiger partial charge in [0.05, 0.1) is 0 Å². The van der Waals surface area contributed by atoms with Crippen LogP contribution >= 0.6 is 0 Å². The van der Waals surface area contributed by atoms with E-state index in [0.29, 0.717) is 57.8 Å². The molecule has 9 N–H and O–H groups in total. The van der Waals surface area contributed by atoms with E-state index in [1.807, 2.05) is 62.3 Å². The van der Waals surface area contributed by atoms with Crippen LogP contribution in [-0.2, 0) is 47.9 Å². The molecule has 19 nitrogen and oxygen atoms in total. The molecule has 0 aromatic rings. The summed E-state index contributed by atoms with van der Waals surface area (Å²) in [6, 6.07) is 0. The first-order chi connectivity index (χ1) is 26.7. The number of hydrogen-bond donors (Lipinski definition) is 9. The minimum Gasteiger partial charge on any atom is -0.481 e. The number of rotatable bonds is 18. The van der Waals surface area contributed by atoms with Crippen LogP contribution in [0.5, 0.6) is 0 Å². The summed E-state index contributed by atoms with van der Waals surface area (Å²) in [6.45, 7) is 19.6. The molecule has 0 atom stereocenters. The predicted molar refractivity (Wildman–Crippen MR) is 219 cm³/mol. The third kappa shape index (κ3) is 264. The van der Waals surface area contributed by atoms with Gasteiger partial charge in [0, 0.05) is 57.8 Å². The third-order valence-corrected chi connectivity index (χ3v) is 4.17. The van der Waals surface area contributed by atoms with Gasteiger partial charge in [-0.05, 0) is 71.6 Å². The molecule has 0 aliphatic rings. The number of hydrogen-bond acceptors (Lipinski definition) is 10. The van der Waals surface area contributed by atoms with Crippen molar-refractivity contribution in [3.63, 3.8) is 0 Å². The zero-order valence-corrected chi connectivity index (χ0v) is 36.8. The first kappa shape index (κ1) is 77.4. The summed E-state index contributed by atoms with van der Waals surface area (Å²) in [6.07, 6.45) is 9.21. The Bertz CT molecular complexity index is 761. The highest BCUT2D eigenvalue weighted by atomic mass is 16.4. The van der Waals surface area contributed by atoms with Crippen molar-refractivity contribution in [1.82, 2.24) is 0 Å². The molecule has 0 heterocycles. The van der Waals surface area contributed by atoms with E-state index in [4.69, 9.17) is 46.0 Å². The number of Topliss-reactive ketones (excluding diaryl/α,β-unsaturated/α-hetero) is 1. The molecule has 0 unspecified atom stereocenters. The maximum Gasteiger partial charge on any atom is 0.303 e. The molecular formula is C39H78O19. The standard InChI is InChI=1S/9C4H8O2.C3H6O/c9*1-2-3-4(5)6;1-3(2)4/h9*2-3H2,1H3,(H,5,6);1-2H3. The molecular weight excluding hydrogens is 772 g/mol. The monoisotopic (exact) mass is 851 g/mol. The fraction of sp³-hybridized carbons (Fsp3) is 0.744. The molecule has 0 amide bonds. The first-order valence-electron chi connectivity index (χ1n) is 19.1. The van der Waals surface area contributed by atoms with E-state index in [2.05, 4.69) is 0 Å². The van der Waals surface area contributed by atoms with Crippen molar-refractivity contribution in [1.29, 1.82) is 0 Å². The van der Waals surface area contributed by atoms with Crippen molar-refractivity contribution in [2.75, 3.05) is 0 Å². The van der Waals surface area contributed by atoms with Gasteiger partial charge in [0.1, 0.15) is 5.78 Å². The van der Waals surface area contributed by atoms with Crippen molar-refractivity contribution in [3.05, 3.63) is 0 Å². The second-order valence-electron chi connectivity index (χ2n) is 11.2. The summed E-state index contributed by atoms with van der Waals surface area (Å²) in [4.78, 5) is 95.8. The van der Waals surface area contributed by atoms with Gasteiger partial charge in [0.15, 0.2) is 0 Å². The highest BCUT2D eigenvalue weighted by Crippen LogP contribution is 1.86. The largest absolute Gasteiger partial charge is 0.481 e. The number of carboxylic acids is 9. The highest BCUT2D eigenvalue weighted by molar-refractivity contribution is 5.72. The van der Waals surface area contributed by atoms with E-state index in [0.717, 1.165) is 57.8 Å². The Morgan fingerprint density at radius 3 is 0.276 bits per heavy atom. The van der Waals surface area contributed by atoms with Crippen LogP contribution in [-0.4, -0.2) is 105 Å². The van der Waals surface area contributed by atoms with Gasteiger partial charge in [-0.15, -0.1) is 0 Å². The summed E-state index contributed by atoms with van der Waals surface area (Å²) in [7, 11) is 0.